The Hall–Kier alpha value is -14.0. The van der Waals surface area contributed by atoms with E-state index in [0.29, 0.717) is 94.6 Å². The molecule has 20 rings (SSSR count). The third-order valence-electron chi connectivity index (χ3n) is 27.0. The maximum atomic E-state index is 15.1. The van der Waals surface area contributed by atoms with E-state index in [1.54, 1.807) is 11.9 Å². The molecule has 0 bridgehead atoms. The van der Waals surface area contributed by atoms with Crippen LogP contribution < -0.4 is 63.8 Å². The number of nitrogen functional groups attached to an aromatic ring is 4. The third kappa shape index (κ3) is 22.1. The van der Waals surface area contributed by atoms with Crippen molar-refractivity contribution in [1.29, 1.82) is 0 Å². The van der Waals surface area contributed by atoms with Crippen molar-refractivity contribution in [1.82, 2.24) is 107 Å². The summed E-state index contributed by atoms with van der Waals surface area (Å²) in [6, 6.07) is 0.117. The van der Waals surface area contributed by atoms with E-state index in [2.05, 4.69) is 108 Å². The number of hydrogen-bond acceptors (Lipinski definition) is 32. The second-order valence-electron chi connectivity index (χ2n) is 36.2. The van der Waals surface area contributed by atoms with Crippen molar-refractivity contribution in [3.8, 4) is 0 Å². The van der Waals surface area contributed by atoms with Crippen LogP contribution in [0.1, 0.15) is 118 Å². The van der Waals surface area contributed by atoms with Crippen LogP contribution in [0.15, 0.2) is 99.1 Å². The smallest absolute Gasteiger partial charge is 0.263 e. The zero-order valence-electron chi connectivity index (χ0n) is 77.6. The fourth-order valence-electron chi connectivity index (χ4n) is 19.5. The van der Waals surface area contributed by atoms with E-state index in [1.807, 2.05) is 26.6 Å². The Morgan fingerprint density at radius 2 is 0.702 bits per heavy atom. The van der Waals surface area contributed by atoms with E-state index >= 15 is 4.39 Å². The Balaban J connectivity index is 0.000000130. The lowest BCUT2D eigenvalue weighted by Crippen LogP contribution is -2.50. The van der Waals surface area contributed by atoms with Crippen molar-refractivity contribution in [2.75, 3.05) is 223 Å². The molecule has 0 aliphatic carbocycles. The molecular weight excluding hydrogens is 1870 g/mol. The largest absolute Gasteiger partial charge is 0.381 e. The Morgan fingerprint density at radius 1 is 0.397 bits per heavy atom. The number of sulfonamides is 1. The standard InChI is InChI=1S/C24H31F2N9O3S.C23H29F2N9O.C22H26F2N8O2.C21H22F2N8O2/c1-32-7-3-16(4-8-32)33(2)39(37,38)17-5-9-34(10-6-17)21-18(26)12-28-13-19(21)30-24(36)20-22(27)31-35-14-15(25)11-29-23(20)35;1-31-6-8-32(9-7-31)13-15-2-4-33(5-3-15)20-17(25)11-27-12-18(20)29-23(35)19-21(26)30-34-14-16(24)10-28-22(19)34;23-15-9-27-21-18(20(25)29-32(21)13-15)22(33)28-17-11-26-10-16(24)19(17)31-3-1-14(2-4-31)12-30-5-7-34-8-6-30;22-12-8-26-20-17(19(24)28-31(20)11-12)21(33)27-15-10-25-9-14(23)18(15)29-6-3-13(4-7-29)30-5-1-2-16(30)32/h11-14,16-17H,3-10H2,1-2H3,(H2,27,31)(H,30,36);10-12,14-15H,2-9,13H2,1H3,(H2,26,30)(H,29,35);9-11,13-14H,1-8,12H2,(H2,25,29)(H,28,33);8-11,13H,1-7H2,(H2,24,28)(H,27,33). The van der Waals surface area contributed by atoms with Crippen LogP contribution in [0.25, 0.3) is 22.6 Å². The van der Waals surface area contributed by atoms with Gasteiger partial charge in [0.15, 0.2) is 92.4 Å². The topological polar surface area (TPSA) is 486 Å². The molecule has 0 atom stereocenters. The minimum Gasteiger partial charge on any atom is -0.381 e. The average molecular weight is 1980 g/mol. The molecule has 0 spiro atoms. The highest BCUT2D eigenvalue weighted by Gasteiger charge is 2.41. The SMILES string of the molecule is CN1CCC(N(C)S(=O)(=O)C2CCN(c3c(F)cncc3NC(=O)c3c(N)nn4cc(F)cnc34)CC2)CC1.CN1CCN(CC2CCN(c3c(F)cncc3NC(=O)c3c(N)nn4cc(F)cnc34)CC2)CC1.Nc1nn2cc(F)cnc2c1C(=O)Nc1cncc(F)c1N1CCC(CN2CCOCC2)CC1.Nc1nn2cc(F)cnc2c1C(=O)Nc1cncc(F)c1N1CCC(N2CCCC2=O)CC1. The normalized spacial score (nSPS) is 17.9. The van der Waals surface area contributed by atoms with Crippen LogP contribution >= 0.6 is 0 Å². The Kier molecular flexibility index (Phi) is 30.0. The molecule has 5 amide bonds. The second kappa shape index (κ2) is 43.0. The highest BCUT2D eigenvalue weighted by atomic mass is 32.2. The van der Waals surface area contributed by atoms with E-state index < -0.39 is 85.4 Å². The number of aromatic nitrogens is 16. The number of nitrogens with one attached hydrogen (secondary N) is 4. The van der Waals surface area contributed by atoms with Gasteiger partial charge in [0, 0.05) is 137 Å². The molecule has 12 N–H and O–H groups in total. The summed E-state index contributed by atoms with van der Waals surface area (Å²) < 4.78 is 152. The zero-order chi connectivity index (χ0) is 99.2. The molecule has 8 fully saturated rings. The van der Waals surface area contributed by atoms with Gasteiger partial charge in [0.2, 0.25) is 15.9 Å². The predicted molar refractivity (Wildman–Crippen MR) is 508 cm³/mol. The van der Waals surface area contributed by atoms with Gasteiger partial charge in [0.25, 0.3) is 23.6 Å². The van der Waals surface area contributed by atoms with Gasteiger partial charge in [-0.25, -0.2) is 85.8 Å². The number of likely N-dealkylation sites (N-methyl/N-ethyl adjacent to an activating group) is 1. The first-order valence-corrected chi connectivity index (χ1v) is 48.0. The summed E-state index contributed by atoms with van der Waals surface area (Å²) in [5, 5.41) is 25.9. The highest BCUT2D eigenvalue weighted by Crippen LogP contribution is 2.40. The van der Waals surface area contributed by atoms with E-state index in [4.69, 9.17) is 27.7 Å². The summed E-state index contributed by atoms with van der Waals surface area (Å²) in [5.41, 5.74) is 25.4. The number of amides is 5. The molecule has 42 nitrogen and oxygen atoms in total. The van der Waals surface area contributed by atoms with Crippen LogP contribution in [-0.2, 0) is 19.6 Å². The van der Waals surface area contributed by atoms with Crippen LogP contribution in [0.4, 0.5) is 104 Å². The zero-order valence-corrected chi connectivity index (χ0v) is 78.4. The molecule has 12 aromatic rings. The molecule has 141 heavy (non-hydrogen) atoms. The first-order valence-electron chi connectivity index (χ1n) is 46.5. The number of morpholine rings is 1. The molecule has 0 saturated carbocycles. The molecule has 51 heteroatoms. The van der Waals surface area contributed by atoms with Gasteiger partial charge in [0.05, 0.1) is 140 Å². The number of halogens is 8. The predicted octanol–water partition coefficient (Wildman–Crippen LogP) is 6.88. The summed E-state index contributed by atoms with van der Waals surface area (Å²) in [7, 11) is 2.31. The van der Waals surface area contributed by atoms with Crippen molar-refractivity contribution >= 4 is 131 Å². The third-order valence-corrected chi connectivity index (χ3v) is 29.4. The number of carbonyl (C=O) groups excluding carboxylic acids is 5. The number of carbonyl (C=O) groups is 5. The maximum absolute atomic E-state index is 15.1. The fraction of sp³-hybridized carbons (Fsp3) is 0.456. The number of pyridine rings is 4. The number of hydrogen-bond donors (Lipinski definition) is 8. The van der Waals surface area contributed by atoms with Crippen molar-refractivity contribution in [2.45, 2.75) is 94.4 Å². The lowest BCUT2D eigenvalue weighted by molar-refractivity contribution is -0.130. The van der Waals surface area contributed by atoms with Crippen LogP contribution in [0.3, 0.4) is 0 Å². The van der Waals surface area contributed by atoms with Gasteiger partial charge >= 0.3 is 0 Å². The Labute approximate surface area is 803 Å². The fourth-order valence-corrected chi connectivity index (χ4v) is 21.5. The quantitative estimate of drug-likeness (QED) is 0.0360. The molecule has 8 saturated heterocycles. The van der Waals surface area contributed by atoms with Gasteiger partial charge in [-0.3, -0.25) is 48.8 Å². The maximum Gasteiger partial charge on any atom is 0.263 e. The first-order chi connectivity index (χ1) is 67.9. The monoisotopic (exact) mass is 1980 g/mol. The van der Waals surface area contributed by atoms with Crippen molar-refractivity contribution < 1.29 is 72.3 Å². The molecular formula is C90H108F8N34O8S. The molecule has 20 heterocycles. The van der Waals surface area contributed by atoms with Crippen LogP contribution in [0, 0.1) is 58.4 Å². The second-order valence-corrected chi connectivity index (χ2v) is 38.4. The molecule has 8 aliphatic rings. The highest BCUT2D eigenvalue weighted by molar-refractivity contribution is 7.89. The first kappa shape index (κ1) is 98.6. The van der Waals surface area contributed by atoms with Crippen molar-refractivity contribution in [2.24, 2.45) is 11.8 Å². The number of likely N-dealkylation sites (tertiary alicyclic amines) is 2. The number of ether oxygens (including phenoxy) is 1. The summed E-state index contributed by atoms with van der Waals surface area (Å²) in [5.74, 6) is -6.63. The van der Waals surface area contributed by atoms with Gasteiger partial charge in [-0.05, 0) is 110 Å². The summed E-state index contributed by atoms with van der Waals surface area (Å²) in [6.45, 7) is 16.6. The van der Waals surface area contributed by atoms with Gasteiger partial charge < -0.3 is 88.1 Å². The van der Waals surface area contributed by atoms with Gasteiger partial charge in [-0.2, -0.15) is 0 Å². The molecule has 0 unspecified atom stereocenters. The van der Waals surface area contributed by atoms with E-state index in [0.717, 1.165) is 223 Å². The summed E-state index contributed by atoms with van der Waals surface area (Å²) in [4.78, 5) is 114. The summed E-state index contributed by atoms with van der Waals surface area (Å²) >= 11 is 0. The summed E-state index contributed by atoms with van der Waals surface area (Å²) in [6.07, 6.45) is 26.8. The van der Waals surface area contributed by atoms with Gasteiger partial charge in [-0.1, -0.05) is 0 Å². The molecule has 0 radical (unpaired) electrons. The number of nitrogens with two attached hydrogens (primary N) is 4. The molecule has 0 aromatic carbocycles. The number of rotatable bonds is 20. The number of nitrogens with zero attached hydrogens (tertiary/aromatic N) is 26. The van der Waals surface area contributed by atoms with Crippen LogP contribution in [0.5, 0.6) is 0 Å². The van der Waals surface area contributed by atoms with Gasteiger partial charge in [0.1, 0.15) is 45.0 Å². The number of piperidine rings is 5. The minimum atomic E-state index is -3.53. The molecule has 12 aromatic heterocycles. The number of anilines is 12. The van der Waals surface area contributed by atoms with E-state index in [9.17, 15) is 63.1 Å². The van der Waals surface area contributed by atoms with Crippen molar-refractivity contribution in [3.05, 3.63) is 168 Å². The molecule has 748 valence electrons. The lowest BCUT2D eigenvalue weighted by atomic mass is 9.95. The number of piperazine rings is 1. The Morgan fingerprint density at radius 3 is 1.02 bits per heavy atom. The lowest BCUT2D eigenvalue weighted by Gasteiger charge is -2.39. The number of fused-ring (bicyclic) bond motifs is 4. The van der Waals surface area contributed by atoms with Crippen LogP contribution in [0.2, 0.25) is 0 Å². The van der Waals surface area contributed by atoms with E-state index in [-0.39, 0.29) is 133 Å². The van der Waals surface area contributed by atoms with E-state index in [1.165, 1.54) is 29.1 Å². The average Bonchev–Trinajstić information content (AvgIpc) is 1.64. The van der Waals surface area contributed by atoms with Gasteiger partial charge in [-0.15, -0.1) is 20.4 Å². The minimum absolute atomic E-state index is 0.00824. The van der Waals surface area contributed by atoms with Crippen LogP contribution in [-0.4, -0.2) is 321 Å². The van der Waals surface area contributed by atoms with Crippen molar-refractivity contribution in [3.63, 3.8) is 0 Å². The Bertz CT molecular complexity index is 6710. The molecule has 8 aliphatic heterocycles.